The smallest absolute Gasteiger partial charge is 0.223 e. The molecule has 1 N–H and O–H groups in total. The lowest BCUT2D eigenvalue weighted by Gasteiger charge is -2.33. The number of piperidine rings is 1. The summed E-state index contributed by atoms with van der Waals surface area (Å²) < 4.78 is 0. The zero-order valence-corrected chi connectivity index (χ0v) is 16.3. The van der Waals surface area contributed by atoms with Gasteiger partial charge in [-0.3, -0.25) is 9.69 Å². The van der Waals surface area contributed by atoms with Crippen LogP contribution in [0, 0.1) is 12.8 Å². The number of hydrogen-bond acceptors (Lipinski definition) is 2. The fraction of sp³-hybridized carbons (Fsp3) is 0.458. The van der Waals surface area contributed by atoms with Gasteiger partial charge in [0.2, 0.25) is 5.91 Å². The summed E-state index contributed by atoms with van der Waals surface area (Å²) in [5, 5.41) is 3.36. The zero-order valence-electron chi connectivity index (χ0n) is 16.3. The minimum absolute atomic E-state index is 0.160. The van der Waals surface area contributed by atoms with E-state index in [1.165, 1.54) is 22.3 Å². The van der Waals surface area contributed by atoms with Crippen molar-refractivity contribution in [2.75, 3.05) is 13.1 Å². The Labute approximate surface area is 162 Å². The van der Waals surface area contributed by atoms with Crippen LogP contribution in [0.15, 0.2) is 48.5 Å². The van der Waals surface area contributed by atoms with E-state index in [2.05, 4.69) is 65.7 Å². The molecule has 1 amide bonds. The molecular weight excluding hydrogens is 332 g/mol. The molecule has 1 atom stereocenters. The summed E-state index contributed by atoms with van der Waals surface area (Å²) in [6, 6.07) is 17.5. The second-order valence-corrected chi connectivity index (χ2v) is 8.19. The van der Waals surface area contributed by atoms with Crippen molar-refractivity contribution in [2.45, 2.75) is 51.6 Å². The van der Waals surface area contributed by atoms with Gasteiger partial charge in [-0.1, -0.05) is 54.1 Å². The molecule has 142 valence electrons. The highest BCUT2D eigenvalue weighted by atomic mass is 16.1. The quantitative estimate of drug-likeness (QED) is 0.874. The minimum Gasteiger partial charge on any atom is -0.349 e. The molecule has 1 aliphatic heterocycles. The number of carbonyl (C=O) groups is 1. The maximum absolute atomic E-state index is 12.9. The van der Waals surface area contributed by atoms with Crippen LogP contribution >= 0.6 is 0 Å². The zero-order chi connectivity index (χ0) is 18.6. The second-order valence-electron chi connectivity index (χ2n) is 8.19. The van der Waals surface area contributed by atoms with Gasteiger partial charge in [0.05, 0.1) is 6.04 Å². The van der Waals surface area contributed by atoms with E-state index >= 15 is 0 Å². The molecular formula is C24H30N2O. The number of nitrogens with zero attached hydrogens (tertiary/aromatic N) is 1. The van der Waals surface area contributed by atoms with Crippen LogP contribution in [0.4, 0.5) is 0 Å². The van der Waals surface area contributed by atoms with Gasteiger partial charge in [-0.25, -0.2) is 0 Å². The fourth-order valence-corrected chi connectivity index (χ4v) is 4.62. The SMILES string of the molecule is Cc1cccc(CN2CCC(C(=O)N[C@H]3CCCc4ccccc43)CC2)c1. The lowest BCUT2D eigenvalue weighted by Crippen LogP contribution is -2.41. The Kier molecular flexibility index (Phi) is 5.58. The molecule has 0 aromatic heterocycles. The van der Waals surface area contributed by atoms with Gasteiger partial charge in [0.15, 0.2) is 0 Å². The summed E-state index contributed by atoms with van der Waals surface area (Å²) in [6.07, 6.45) is 5.30. The second kappa shape index (κ2) is 8.26. The van der Waals surface area contributed by atoms with Crippen LogP contribution in [0.1, 0.15) is 54.0 Å². The van der Waals surface area contributed by atoms with Gasteiger partial charge in [-0.15, -0.1) is 0 Å². The largest absolute Gasteiger partial charge is 0.349 e. The van der Waals surface area contributed by atoms with E-state index in [0.29, 0.717) is 0 Å². The number of benzene rings is 2. The molecule has 0 saturated carbocycles. The molecule has 0 unspecified atom stereocenters. The third kappa shape index (κ3) is 4.41. The third-order valence-corrected chi connectivity index (χ3v) is 6.13. The van der Waals surface area contributed by atoms with Gasteiger partial charge in [0.25, 0.3) is 0 Å². The standard InChI is InChI=1S/C24H30N2O/c1-18-6-4-7-19(16-18)17-26-14-12-21(13-15-26)24(27)25-23-11-5-9-20-8-2-3-10-22(20)23/h2-4,6-8,10,16,21,23H,5,9,11-15,17H2,1H3,(H,25,27)/t23-/m0/s1. The number of rotatable bonds is 4. The molecule has 2 aromatic rings. The Morgan fingerprint density at radius 2 is 1.89 bits per heavy atom. The number of amides is 1. The van der Waals surface area contributed by atoms with Gasteiger partial charge in [0.1, 0.15) is 0 Å². The van der Waals surface area contributed by atoms with Crippen LogP contribution in [0.5, 0.6) is 0 Å². The molecule has 2 aromatic carbocycles. The van der Waals surface area contributed by atoms with E-state index in [4.69, 9.17) is 0 Å². The van der Waals surface area contributed by atoms with Gasteiger partial charge in [-0.2, -0.15) is 0 Å². The molecule has 3 heteroatoms. The first kappa shape index (κ1) is 18.2. The predicted molar refractivity (Wildman–Crippen MR) is 109 cm³/mol. The van der Waals surface area contributed by atoms with Crippen molar-refractivity contribution in [1.82, 2.24) is 10.2 Å². The average molecular weight is 363 g/mol. The summed E-state index contributed by atoms with van der Waals surface area (Å²) in [6.45, 7) is 5.15. The number of fused-ring (bicyclic) bond motifs is 1. The van der Waals surface area contributed by atoms with Crippen LogP contribution in [-0.2, 0) is 17.8 Å². The summed E-state index contributed by atoms with van der Waals surface area (Å²) >= 11 is 0. The van der Waals surface area contributed by atoms with Crippen LogP contribution in [0.25, 0.3) is 0 Å². The summed E-state index contributed by atoms with van der Waals surface area (Å²) in [5.74, 6) is 0.416. The van der Waals surface area contributed by atoms with Gasteiger partial charge in [-0.05, 0) is 68.8 Å². The van der Waals surface area contributed by atoms with Crippen molar-refractivity contribution in [1.29, 1.82) is 0 Å². The fourth-order valence-electron chi connectivity index (χ4n) is 4.62. The summed E-state index contributed by atoms with van der Waals surface area (Å²) in [5.41, 5.74) is 5.42. The highest BCUT2D eigenvalue weighted by Crippen LogP contribution is 2.30. The average Bonchev–Trinajstić information content (AvgIpc) is 2.69. The predicted octanol–water partition coefficient (Wildman–Crippen LogP) is 4.40. The maximum atomic E-state index is 12.9. The van der Waals surface area contributed by atoms with E-state index in [1.807, 2.05) is 0 Å². The van der Waals surface area contributed by atoms with Crippen LogP contribution in [-0.4, -0.2) is 23.9 Å². The number of nitrogens with one attached hydrogen (secondary N) is 1. The lowest BCUT2D eigenvalue weighted by molar-refractivity contribution is -0.127. The minimum atomic E-state index is 0.160. The van der Waals surface area contributed by atoms with Crippen molar-refractivity contribution in [3.05, 3.63) is 70.8 Å². The molecule has 3 nitrogen and oxygen atoms in total. The first-order valence-corrected chi connectivity index (χ1v) is 10.3. The van der Waals surface area contributed by atoms with Crippen molar-refractivity contribution in [2.24, 2.45) is 5.92 Å². The molecule has 4 rings (SSSR count). The first-order valence-electron chi connectivity index (χ1n) is 10.3. The Balaban J connectivity index is 1.30. The van der Waals surface area contributed by atoms with Gasteiger partial charge < -0.3 is 5.32 Å². The molecule has 0 bridgehead atoms. The third-order valence-electron chi connectivity index (χ3n) is 6.13. The van der Waals surface area contributed by atoms with Crippen LogP contribution in [0.2, 0.25) is 0 Å². The van der Waals surface area contributed by atoms with Crippen LogP contribution < -0.4 is 5.32 Å². The number of hydrogen-bond donors (Lipinski definition) is 1. The number of aryl methyl sites for hydroxylation is 2. The number of carbonyl (C=O) groups excluding carboxylic acids is 1. The first-order chi connectivity index (χ1) is 13.2. The Morgan fingerprint density at radius 1 is 1.07 bits per heavy atom. The molecule has 27 heavy (non-hydrogen) atoms. The maximum Gasteiger partial charge on any atom is 0.223 e. The van der Waals surface area contributed by atoms with E-state index in [-0.39, 0.29) is 17.9 Å². The highest BCUT2D eigenvalue weighted by Gasteiger charge is 2.28. The normalized spacial score (nSPS) is 20.9. The Hall–Kier alpha value is -2.13. The van der Waals surface area contributed by atoms with Crippen molar-refractivity contribution < 1.29 is 4.79 Å². The molecule has 0 spiro atoms. The van der Waals surface area contributed by atoms with E-state index in [0.717, 1.165) is 51.7 Å². The molecule has 1 saturated heterocycles. The summed E-state index contributed by atoms with van der Waals surface area (Å²) in [7, 11) is 0. The monoisotopic (exact) mass is 362 g/mol. The topological polar surface area (TPSA) is 32.3 Å². The summed E-state index contributed by atoms with van der Waals surface area (Å²) in [4.78, 5) is 15.3. The van der Waals surface area contributed by atoms with Crippen molar-refractivity contribution >= 4 is 5.91 Å². The molecule has 2 aliphatic rings. The molecule has 0 radical (unpaired) electrons. The van der Waals surface area contributed by atoms with Crippen molar-refractivity contribution in [3.63, 3.8) is 0 Å². The lowest BCUT2D eigenvalue weighted by atomic mass is 9.87. The van der Waals surface area contributed by atoms with E-state index in [9.17, 15) is 4.79 Å². The van der Waals surface area contributed by atoms with Gasteiger partial charge >= 0.3 is 0 Å². The molecule has 1 aliphatic carbocycles. The molecule has 1 fully saturated rings. The highest BCUT2D eigenvalue weighted by molar-refractivity contribution is 5.79. The van der Waals surface area contributed by atoms with Crippen LogP contribution in [0.3, 0.4) is 0 Å². The molecule has 1 heterocycles. The van der Waals surface area contributed by atoms with E-state index < -0.39 is 0 Å². The Bertz CT molecular complexity index is 792. The van der Waals surface area contributed by atoms with E-state index in [1.54, 1.807) is 0 Å². The number of likely N-dealkylation sites (tertiary alicyclic amines) is 1. The Morgan fingerprint density at radius 3 is 2.70 bits per heavy atom. The van der Waals surface area contributed by atoms with Gasteiger partial charge in [0, 0.05) is 12.5 Å². The van der Waals surface area contributed by atoms with Crippen molar-refractivity contribution in [3.8, 4) is 0 Å².